The van der Waals surface area contributed by atoms with Crippen LogP contribution in [0.4, 0.5) is 0 Å². The van der Waals surface area contributed by atoms with E-state index in [1.54, 1.807) is 6.20 Å². The summed E-state index contributed by atoms with van der Waals surface area (Å²) >= 11 is 0. The number of nitrogens with zero attached hydrogens (tertiary/aromatic N) is 1. The molecule has 0 aliphatic carbocycles. The maximum Gasteiger partial charge on any atom is 0.166 e. The Morgan fingerprint density at radius 1 is 1.10 bits per heavy atom. The van der Waals surface area contributed by atoms with Crippen molar-refractivity contribution in [2.45, 2.75) is 44.2 Å². The van der Waals surface area contributed by atoms with E-state index in [1.807, 2.05) is 30.3 Å². The molecule has 2 atom stereocenters. The highest BCUT2D eigenvalue weighted by molar-refractivity contribution is 6.08. The van der Waals surface area contributed by atoms with Crippen molar-refractivity contribution in [2.24, 2.45) is 5.92 Å². The predicted molar refractivity (Wildman–Crippen MR) is 83.4 cm³/mol. The van der Waals surface area contributed by atoms with Gasteiger partial charge >= 0.3 is 0 Å². The summed E-state index contributed by atoms with van der Waals surface area (Å²) in [6, 6.07) is 10.9. The van der Waals surface area contributed by atoms with Crippen LogP contribution in [0.1, 0.15) is 42.5 Å². The molecule has 2 bridgehead atoms. The molecule has 0 saturated carbocycles. The predicted octanol–water partition coefficient (Wildman–Crippen LogP) is 3.34. The summed E-state index contributed by atoms with van der Waals surface area (Å²) in [6.45, 7) is 0. The average Bonchev–Trinajstić information content (AvgIpc) is 2.53. The summed E-state index contributed by atoms with van der Waals surface area (Å²) in [7, 11) is 0. The van der Waals surface area contributed by atoms with Crippen molar-refractivity contribution >= 4 is 16.7 Å². The van der Waals surface area contributed by atoms with Crippen molar-refractivity contribution in [3.63, 3.8) is 0 Å². The molecule has 3 heteroatoms. The van der Waals surface area contributed by atoms with Crippen molar-refractivity contribution in [2.75, 3.05) is 0 Å². The number of fused-ring (bicyclic) bond motifs is 3. The van der Waals surface area contributed by atoms with Gasteiger partial charge in [-0.15, -0.1) is 0 Å². The summed E-state index contributed by atoms with van der Waals surface area (Å²) in [6.07, 6.45) is 7.51. The van der Waals surface area contributed by atoms with Gasteiger partial charge in [-0.25, -0.2) is 0 Å². The maximum absolute atomic E-state index is 13.0. The van der Waals surface area contributed by atoms with Gasteiger partial charge in [0, 0.05) is 35.1 Å². The van der Waals surface area contributed by atoms with Crippen molar-refractivity contribution in [1.82, 2.24) is 10.3 Å². The van der Waals surface area contributed by atoms with Gasteiger partial charge in [0.25, 0.3) is 0 Å². The molecule has 1 N–H and O–H groups in total. The van der Waals surface area contributed by atoms with Crippen LogP contribution in [0.25, 0.3) is 10.9 Å². The smallest absolute Gasteiger partial charge is 0.166 e. The summed E-state index contributed by atoms with van der Waals surface area (Å²) in [5.41, 5.74) is 1.77. The third-order valence-corrected chi connectivity index (χ3v) is 5.00. The molecule has 1 aromatic carbocycles. The first-order valence-corrected chi connectivity index (χ1v) is 7.95. The number of carbonyl (C=O) groups is 1. The lowest BCUT2D eigenvalue weighted by Gasteiger charge is -2.39. The standard InChI is InChI=1S/C18H20N2O/c21-18(12-10-13-4-1-5-14(11-12)20-13)16-6-2-8-17-15(16)7-3-9-19-17/h2-3,6-9,12-14,20H,1,4-5,10-11H2. The zero-order valence-corrected chi connectivity index (χ0v) is 12.1. The van der Waals surface area contributed by atoms with Gasteiger partial charge in [-0.2, -0.15) is 0 Å². The Labute approximate surface area is 124 Å². The molecule has 2 aliphatic rings. The van der Waals surface area contributed by atoms with Crippen LogP contribution in [0.3, 0.4) is 0 Å². The van der Waals surface area contributed by atoms with Crippen LogP contribution in [0.5, 0.6) is 0 Å². The molecule has 4 rings (SSSR count). The normalized spacial score (nSPS) is 28.5. The SMILES string of the molecule is O=C(c1cccc2ncccc12)C1CC2CCCC(C1)N2. The molecule has 2 aliphatic heterocycles. The molecule has 1 aromatic heterocycles. The van der Waals surface area contributed by atoms with Gasteiger partial charge in [0.15, 0.2) is 5.78 Å². The number of Topliss-reactive ketones (excluding diaryl/α,β-unsaturated/α-hetero) is 1. The summed E-state index contributed by atoms with van der Waals surface area (Å²) < 4.78 is 0. The van der Waals surface area contributed by atoms with E-state index in [0.29, 0.717) is 17.9 Å². The van der Waals surface area contributed by atoms with Gasteiger partial charge in [-0.3, -0.25) is 9.78 Å². The highest BCUT2D eigenvalue weighted by Gasteiger charge is 2.35. The second kappa shape index (κ2) is 5.23. The molecule has 21 heavy (non-hydrogen) atoms. The van der Waals surface area contributed by atoms with Gasteiger partial charge < -0.3 is 5.32 Å². The highest BCUT2D eigenvalue weighted by atomic mass is 16.1. The van der Waals surface area contributed by atoms with E-state index in [4.69, 9.17) is 0 Å². The number of benzene rings is 1. The van der Waals surface area contributed by atoms with E-state index in [2.05, 4.69) is 10.3 Å². The molecule has 3 heterocycles. The molecule has 2 unspecified atom stereocenters. The van der Waals surface area contributed by atoms with Crippen LogP contribution >= 0.6 is 0 Å². The van der Waals surface area contributed by atoms with E-state index in [1.165, 1.54) is 19.3 Å². The Morgan fingerprint density at radius 2 is 1.90 bits per heavy atom. The van der Waals surface area contributed by atoms with E-state index in [0.717, 1.165) is 29.3 Å². The van der Waals surface area contributed by atoms with Gasteiger partial charge in [0.1, 0.15) is 0 Å². The van der Waals surface area contributed by atoms with Gasteiger partial charge in [0.05, 0.1) is 5.52 Å². The van der Waals surface area contributed by atoms with Gasteiger partial charge in [-0.1, -0.05) is 24.6 Å². The molecule has 2 fully saturated rings. The van der Waals surface area contributed by atoms with Crippen LogP contribution in [-0.4, -0.2) is 22.9 Å². The third-order valence-electron chi connectivity index (χ3n) is 5.00. The van der Waals surface area contributed by atoms with E-state index in [9.17, 15) is 4.79 Å². The van der Waals surface area contributed by atoms with Crippen molar-refractivity contribution in [1.29, 1.82) is 0 Å². The van der Waals surface area contributed by atoms with Crippen LogP contribution in [-0.2, 0) is 0 Å². The first-order chi connectivity index (χ1) is 10.3. The van der Waals surface area contributed by atoms with Crippen LogP contribution in [0.15, 0.2) is 36.5 Å². The number of carbonyl (C=O) groups excluding carboxylic acids is 1. The van der Waals surface area contributed by atoms with Crippen molar-refractivity contribution in [3.05, 3.63) is 42.1 Å². The van der Waals surface area contributed by atoms with Gasteiger partial charge in [-0.05, 0) is 37.8 Å². The van der Waals surface area contributed by atoms with E-state index >= 15 is 0 Å². The number of hydrogen-bond donors (Lipinski definition) is 1. The number of ketones is 1. The largest absolute Gasteiger partial charge is 0.311 e. The molecule has 0 radical (unpaired) electrons. The van der Waals surface area contributed by atoms with E-state index < -0.39 is 0 Å². The monoisotopic (exact) mass is 280 g/mol. The Kier molecular flexibility index (Phi) is 3.23. The summed E-state index contributed by atoms with van der Waals surface area (Å²) in [5.74, 6) is 0.486. The molecule has 2 aromatic rings. The molecular weight excluding hydrogens is 260 g/mol. The zero-order chi connectivity index (χ0) is 14.2. The maximum atomic E-state index is 13.0. The number of hydrogen-bond acceptors (Lipinski definition) is 3. The number of rotatable bonds is 2. The Hall–Kier alpha value is -1.74. The molecule has 3 nitrogen and oxygen atoms in total. The average molecular weight is 280 g/mol. The zero-order valence-electron chi connectivity index (χ0n) is 12.1. The summed E-state index contributed by atoms with van der Waals surface area (Å²) in [4.78, 5) is 17.4. The minimum Gasteiger partial charge on any atom is -0.311 e. The number of pyridine rings is 1. The van der Waals surface area contributed by atoms with Gasteiger partial charge in [0.2, 0.25) is 0 Å². The van der Waals surface area contributed by atoms with Crippen LogP contribution in [0, 0.1) is 5.92 Å². The number of nitrogens with one attached hydrogen (secondary N) is 1. The second-order valence-corrected chi connectivity index (χ2v) is 6.40. The fraction of sp³-hybridized carbons (Fsp3) is 0.444. The second-order valence-electron chi connectivity index (χ2n) is 6.40. The van der Waals surface area contributed by atoms with Crippen LogP contribution in [0.2, 0.25) is 0 Å². The van der Waals surface area contributed by atoms with E-state index in [-0.39, 0.29) is 5.92 Å². The fourth-order valence-electron chi connectivity index (χ4n) is 4.02. The Bertz CT molecular complexity index is 664. The van der Waals surface area contributed by atoms with Crippen molar-refractivity contribution < 1.29 is 4.79 Å². The highest BCUT2D eigenvalue weighted by Crippen LogP contribution is 2.32. The topological polar surface area (TPSA) is 42.0 Å². The van der Waals surface area contributed by atoms with Crippen molar-refractivity contribution in [3.8, 4) is 0 Å². The Balaban J connectivity index is 1.67. The lowest BCUT2D eigenvalue weighted by atomic mass is 9.77. The quantitative estimate of drug-likeness (QED) is 0.858. The third kappa shape index (κ3) is 2.36. The molecule has 0 spiro atoms. The molecule has 2 saturated heterocycles. The Morgan fingerprint density at radius 3 is 2.71 bits per heavy atom. The molecule has 108 valence electrons. The first-order valence-electron chi connectivity index (χ1n) is 7.95. The molecular formula is C18H20N2O. The summed E-state index contributed by atoms with van der Waals surface area (Å²) in [5, 5.41) is 4.66. The fourth-order valence-corrected chi connectivity index (χ4v) is 4.02. The lowest BCUT2D eigenvalue weighted by molar-refractivity contribution is 0.0827. The minimum atomic E-state index is 0.173. The lowest BCUT2D eigenvalue weighted by Crippen LogP contribution is -2.50. The van der Waals surface area contributed by atoms with Crippen LogP contribution < -0.4 is 5.32 Å². The first kappa shape index (κ1) is 13.0. The number of aromatic nitrogens is 1. The molecule has 0 amide bonds. The minimum absolute atomic E-state index is 0.173. The number of piperidine rings is 2.